The Morgan fingerprint density at radius 1 is 1.06 bits per heavy atom. The van der Waals surface area contributed by atoms with Crippen LogP contribution in [0, 0.1) is 20.4 Å². The lowest BCUT2D eigenvalue weighted by Crippen LogP contribution is -2.35. The van der Waals surface area contributed by atoms with Crippen molar-refractivity contribution in [2.75, 3.05) is 10.2 Å². The molecular formula is C22H16ClN5O4S2. The molecule has 2 aromatic carbocycles. The maximum atomic E-state index is 12.9. The maximum absolute atomic E-state index is 12.9. The molecule has 0 spiro atoms. The van der Waals surface area contributed by atoms with E-state index in [0.717, 1.165) is 21.1 Å². The van der Waals surface area contributed by atoms with Gasteiger partial charge >= 0.3 is 0 Å². The zero-order valence-corrected chi connectivity index (χ0v) is 20.2. The molecule has 34 heavy (non-hydrogen) atoms. The van der Waals surface area contributed by atoms with Crippen LogP contribution in [0.25, 0.3) is 4.95 Å². The van der Waals surface area contributed by atoms with Gasteiger partial charge in [0.2, 0.25) is 0 Å². The van der Waals surface area contributed by atoms with E-state index in [0.29, 0.717) is 22.0 Å². The minimum Gasteiger partial charge on any atom is -0.320 e. The number of guanidine groups is 1. The highest BCUT2D eigenvalue weighted by Crippen LogP contribution is 2.33. The number of carbonyl (C=O) groups excluding carboxylic acids is 2. The first-order chi connectivity index (χ1) is 16.1. The van der Waals surface area contributed by atoms with Gasteiger partial charge in [-0.15, -0.1) is 16.3 Å². The molecule has 0 aliphatic carbocycles. The van der Waals surface area contributed by atoms with Crippen molar-refractivity contribution >= 4 is 62.1 Å². The summed E-state index contributed by atoms with van der Waals surface area (Å²) < 4.78 is 27.6. The molecule has 0 bridgehead atoms. The number of aryl methyl sites for hydroxylation is 2. The summed E-state index contributed by atoms with van der Waals surface area (Å²) in [5.41, 5.74) is 1.81. The van der Waals surface area contributed by atoms with Crippen LogP contribution in [0.15, 0.2) is 57.8 Å². The Balaban J connectivity index is 1.58. The summed E-state index contributed by atoms with van der Waals surface area (Å²) in [6.07, 6.45) is 0. The average molecular weight is 514 g/mol. The van der Waals surface area contributed by atoms with Crippen molar-refractivity contribution in [3.8, 4) is 0 Å². The number of thiophene rings is 1. The maximum Gasteiger partial charge on any atom is 0.296 e. The Bertz CT molecular complexity index is 1520. The number of nitrogens with one attached hydrogen (secondary N) is 2. The number of imide groups is 1. The van der Waals surface area contributed by atoms with E-state index in [2.05, 4.69) is 20.1 Å². The predicted molar refractivity (Wildman–Crippen MR) is 131 cm³/mol. The van der Waals surface area contributed by atoms with E-state index in [1.54, 1.807) is 44.2 Å². The molecular weight excluding hydrogens is 498 g/mol. The number of halogens is 1. The number of nitrogens with zero attached hydrogens (tertiary/aromatic N) is 3. The first-order valence-electron chi connectivity index (χ1n) is 9.70. The molecule has 1 aliphatic heterocycles. The van der Waals surface area contributed by atoms with Crippen LogP contribution in [-0.4, -0.2) is 26.2 Å². The Morgan fingerprint density at radius 2 is 1.79 bits per heavy atom. The Kier molecular flexibility index (Phi) is 6.14. The molecule has 172 valence electrons. The molecule has 3 aromatic rings. The molecule has 1 aromatic heterocycles. The van der Waals surface area contributed by atoms with Crippen LogP contribution < -0.4 is 14.9 Å². The monoisotopic (exact) mass is 513 g/mol. The zero-order chi connectivity index (χ0) is 24.6. The van der Waals surface area contributed by atoms with Gasteiger partial charge in [0.1, 0.15) is 9.31 Å². The molecule has 9 nitrogen and oxygen atoms in total. The van der Waals surface area contributed by atoms with Crippen LogP contribution in [0.2, 0.25) is 5.02 Å². The smallest absolute Gasteiger partial charge is 0.296 e. The quantitative estimate of drug-likeness (QED) is 0.176. The van der Waals surface area contributed by atoms with E-state index >= 15 is 0 Å². The molecule has 0 saturated carbocycles. The van der Waals surface area contributed by atoms with Crippen molar-refractivity contribution in [3.63, 3.8) is 0 Å². The number of anilines is 2. The number of fused-ring (bicyclic) bond motifs is 1. The molecule has 1 aliphatic rings. The molecule has 0 saturated heterocycles. The highest BCUT2D eigenvalue weighted by atomic mass is 35.5. The van der Waals surface area contributed by atoms with Crippen LogP contribution in [0.1, 0.15) is 31.2 Å². The minimum atomic E-state index is -3.94. The van der Waals surface area contributed by atoms with E-state index < -0.39 is 21.8 Å². The molecule has 0 unspecified atom stereocenters. The molecule has 2 amide bonds. The second-order valence-corrected chi connectivity index (χ2v) is 10.9. The van der Waals surface area contributed by atoms with E-state index in [4.69, 9.17) is 18.2 Å². The van der Waals surface area contributed by atoms with Gasteiger partial charge < -0.3 is 5.32 Å². The van der Waals surface area contributed by atoms with E-state index in [1.807, 2.05) is 0 Å². The normalized spacial score (nSPS) is 13.6. The number of amides is 2. The van der Waals surface area contributed by atoms with Gasteiger partial charge in [-0.2, -0.15) is 6.57 Å². The Hall–Kier alpha value is -3.72. The summed E-state index contributed by atoms with van der Waals surface area (Å²) in [6, 6.07) is 12.4. The van der Waals surface area contributed by atoms with Crippen molar-refractivity contribution in [2.45, 2.75) is 18.1 Å². The van der Waals surface area contributed by atoms with Gasteiger partial charge in [-0.1, -0.05) is 11.6 Å². The fraction of sp³-hybridized carbons (Fsp3) is 0.0909. The first-order valence-corrected chi connectivity index (χ1v) is 12.4. The number of hydrogen-bond donors (Lipinski definition) is 2. The third-order valence-corrected chi connectivity index (χ3v) is 7.98. The standard InChI is InChI=1S/C22H16ClN5O4S2/c1-12-10-15(25-22(26-24-3)27-34(31,32)19-9-4-13(2)33-19)6-8-18(12)28-20(29)16-7-5-14(23)11-17(16)21(28)30/h4-11H,1-2H3,(H2,25,26,27). The molecule has 0 fully saturated rings. The molecule has 0 radical (unpaired) electrons. The lowest BCUT2D eigenvalue weighted by molar-refractivity contribution is 0.0926. The van der Waals surface area contributed by atoms with E-state index in [1.165, 1.54) is 18.2 Å². The van der Waals surface area contributed by atoms with Crippen LogP contribution in [0.4, 0.5) is 11.4 Å². The third-order valence-electron chi connectivity index (χ3n) is 4.91. The molecule has 2 heterocycles. The first kappa shape index (κ1) is 23.4. The topological polar surface area (TPSA) is 112 Å². The summed E-state index contributed by atoms with van der Waals surface area (Å²) in [5, 5.41) is 6.62. The minimum absolute atomic E-state index is 0.0849. The third kappa shape index (κ3) is 4.38. The van der Waals surface area contributed by atoms with Gasteiger partial charge in [-0.05, 0) is 67.9 Å². The van der Waals surface area contributed by atoms with Crippen LogP contribution in [0.3, 0.4) is 0 Å². The van der Waals surface area contributed by atoms with E-state index in [9.17, 15) is 18.0 Å². The number of sulfonamides is 1. The number of rotatable bonds is 4. The summed E-state index contributed by atoms with van der Waals surface area (Å²) in [6.45, 7) is 10.5. The van der Waals surface area contributed by atoms with Crippen molar-refractivity contribution in [3.05, 3.63) is 86.6 Å². The van der Waals surface area contributed by atoms with Crippen LogP contribution >= 0.6 is 22.9 Å². The van der Waals surface area contributed by atoms with Gasteiger partial charge in [0, 0.05) is 15.6 Å². The van der Waals surface area contributed by atoms with Crippen molar-refractivity contribution in [2.24, 2.45) is 5.10 Å². The van der Waals surface area contributed by atoms with Gasteiger partial charge in [0.15, 0.2) is 0 Å². The largest absolute Gasteiger partial charge is 0.320 e. The number of carbonyl (C=O) groups is 2. The summed E-state index contributed by atoms with van der Waals surface area (Å²) in [5.74, 6) is -1.24. The lowest BCUT2D eigenvalue weighted by Gasteiger charge is -2.18. The molecule has 4 rings (SSSR count). The van der Waals surface area contributed by atoms with Crippen molar-refractivity contribution < 1.29 is 18.0 Å². The van der Waals surface area contributed by atoms with E-state index in [-0.39, 0.29) is 21.3 Å². The Morgan fingerprint density at radius 3 is 2.44 bits per heavy atom. The van der Waals surface area contributed by atoms with Gasteiger partial charge in [-0.3, -0.25) is 9.59 Å². The predicted octanol–water partition coefficient (Wildman–Crippen LogP) is 4.40. The van der Waals surface area contributed by atoms with Crippen molar-refractivity contribution in [1.82, 2.24) is 4.72 Å². The fourth-order valence-corrected chi connectivity index (χ4v) is 5.82. The number of hydrogen-bond acceptors (Lipinski definition) is 6. The summed E-state index contributed by atoms with van der Waals surface area (Å²) in [7, 11) is -3.94. The fourth-order valence-electron chi connectivity index (χ4n) is 3.41. The van der Waals surface area contributed by atoms with Gasteiger partial charge in [-0.25, -0.2) is 18.0 Å². The van der Waals surface area contributed by atoms with Gasteiger partial charge in [0.05, 0.1) is 16.8 Å². The Labute approximate surface area is 204 Å². The SMILES string of the molecule is [C-]#[N+]/N=C(\Nc1ccc(N2C(=O)c3ccc(Cl)cc3C2=O)c(C)c1)NS(=O)(=O)c1ccc(C)s1. The number of benzene rings is 2. The van der Waals surface area contributed by atoms with Crippen molar-refractivity contribution in [1.29, 1.82) is 0 Å². The second-order valence-electron chi connectivity index (χ2n) is 7.28. The second kappa shape index (κ2) is 8.90. The van der Waals surface area contributed by atoms with Crippen LogP contribution in [0.5, 0.6) is 0 Å². The lowest BCUT2D eigenvalue weighted by atomic mass is 10.1. The van der Waals surface area contributed by atoms with Crippen LogP contribution in [-0.2, 0) is 10.0 Å². The highest BCUT2D eigenvalue weighted by Gasteiger charge is 2.37. The van der Waals surface area contributed by atoms with Gasteiger partial charge in [0.25, 0.3) is 27.8 Å². The molecule has 12 heteroatoms. The highest BCUT2D eigenvalue weighted by molar-refractivity contribution is 7.92. The summed E-state index contributed by atoms with van der Waals surface area (Å²) in [4.78, 5) is 30.5. The summed E-state index contributed by atoms with van der Waals surface area (Å²) >= 11 is 7.06. The molecule has 0 atom stereocenters. The molecule has 2 N–H and O–H groups in total. The zero-order valence-electron chi connectivity index (χ0n) is 17.8. The average Bonchev–Trinajstić information content (AvgIpc) is 3.31.